The van der Waals surface area contributed by atoms with Gasteiger partial charge in [-0.25, -0.2) is 4.98 Å². The Kier molecular flexibility index (Phi) is 4.08. The van der Waals surface area contributed by atoms with E-state index in [1.165, 1.54) is 0 Å². The minimum atomic E-state index is -0.768. The molecule has 1 saturated heterocycles. The van der Waals surface area contributed by atoms with Gasteiger partial charge in [0.1, 0.15) is 5.82 Å². The number of hydrogen-bond donors (Lipinski definition) is 1. The van der Waals surface area contributed by atoms with Crippen LogP contribution in [0.2, 0.25) is 0 Å². The number of aliphatic carboxylic acids is 1. The molecule has 0 radical (unpaired) electrons. The fourth-order valence-corrected chi connectivity index (χ4v) is 4.24. The Bertz CT molecular complexity index is 664. The fourth-order valence-electron chi connectivity index (χ4n) is 3.91. The summed E-state index contributed by atoms with van der Waals surface area (Å²) in [6.45, 7) is 0.815. The third-order valence-electron chi connectivity index (χ3n) is 5.07. The smallest absolute Gasteiger partial charge is 0.311 e. The number of nitrogens with zero attached hydrogens (tertiary/aromatic N) is 3. The first-order valence-corrected chi connectivity index (χ1v) is 8.50. The Morgan fingerprint density at radius 3 is 2.83 bits per heavy atom. The Hall–Kier alpha value is -1.63. The molecule has 1 aliphatic carbocycles. The molecule has 1 aromatic heterocycles. The Labute approximate surface area is 143 Å². The second kappa shape index (κ2) is 5.78. The number of carbonyl (C=O) groups is 2. The number of anilines is 1. The molecule has 1 saturated carbocycles. The highest BCUT2D eigenvalue weighted by Crippen LogP contribution is 2.49. The van der Waals surface area contributed by atoms with E-state index in [0.29, 0.717) is 30.9 Å². The highest BCUT2D eigenvalue weighted by atomic mass is 79.9. The summed E-state index contributed by atoms with van der Waals surface area (Å²) in [6, 6.07) is 1.76. The minimum absolute atomic E-state index is 0.0619. The zero-order valence-electron chi connectivity index (χ0n) is 13.3. The first-order chi connectivity index (χ1) is 10.8. The van der Waals surface area contributed by atoms with Crippen molar-refractivity contribution >= 4 is 33.6 Å². The lowest BCUT2D eigenvalue weighted by molar-refractivity contribution is -0.149. The van der Waals surface area contributed by atoms with E-state index >= 15 is 0 Å². The molecule has 1 amide bonds. The normalized spacial score (nSPS) is 26.2. The van der Waals surface area contributed by atoms with Crippen LogP contribution >= 0.6 is 15.9 Å². The van der Waals surface area contributed by atoms with Crippen LogP contribution in [0.15, 0.2) is 16.7 Å². The molecule has 0 aromatic carbocycles. The number of carbonyl (C=O) groups excluding carboxylic acids is 1. The van der Waals surface area contributed by atoms with Crippen LogP contribution in [-0.2, 0) is 4.79 Å². The summed E-state index contributed by atoms with van der Waals surface area (Å²) in [5.74, 6) is -0.250. The van der Waals surface area contributed by atoms with Crippen LogP contribution in [-0.4, -0.2) is 54.1 Å². The predicted molar refractivity (Wildman–Crippen MR) is 89.6 cm³/mol. The number of likely N-dealkylation sites (tertiary alicyclic amines) is 1. The third kappa shape index (κ3) is 2.60. The second-order valence-corrected chi connectivity index (χ2v) is 7.57. The number of carboxylic acid groups (broad SMARTS) is 1. The van der Waals surface area contributed by atoms with Crippen LogP contribution in [0, 0.1) is 11.3 Å². The van der Waals surface area contributed by atoms with Gasteiger partial charge in [0.05, 0.1) is 11.0 Å². The number of halogens is 1. The highest BCUT2D eigenvalue weighted by molar-refractivity contribution is 9.10. The van der Waals surface area contributed by atoms with Crippen LogP contribution in [0.25, 0.3) is 0 Å². The molecule has 0 unspecified atom stereocenters. The lowest BCUT2D eigenvalue weighted by Crippen LogP contribution is -2.37. The van der Waals surface area contributed by atoms with Gasteiger partial charge in [-0.1, -0.05) is 6.42 Å². The molecular weight excluding hydrogens is 362 g/mol. The summed E-state index contributed by atoms with van der Waals surface area (Å²) in [5.41, 5.74) is -0.252. The van der Waals surface area contributed by atoms with Crippen molar-refractivity contribution in [1.29, 1.82) is 0 Å². The maximum atomic E-state index is 13.0. The molecule has 2 atom stereocenters. The third-order valence-corrected chi connectivity index (χ3v) is 5.50. The van der Waals surface area contributed by atoms with E-state index < -0.39 is 11.4 Å². The van der Waals surface area contributed by atoms with Crippen LogP contribution in [0.5, 0.6) is 0 Å². The zero-order valence-corrected chi connectivity index (χ0v) is 14.8. The Morgan fingerprint density at radius 2 is 2.22 bits per heavy atom. The Morgan fingerprint density at radius 1 is 1.48 bits per heavy atom. The average Bonchev–Trinajstić information content (AvgIpc) is 3.03. The number of pyridine rings is 1. The van der Waals surface area contributed by atoms with Crippen molar-refractivity contribution in [3.8, 4) is 0 Å². The van der Waals surface area contributed by atoms with Gasteiger partial charge >= 0.3 is 5.97 Å². The van der Waals surface area contributed by atoms with Crippen LogP contribution in [0.1, 0.15) is 29.6 Å². The fraction of sp³-hybridized carbons (Fsp3) is 0.562. The van der Waals surface area contributed by atoms with Gasteiger partial charge in [-0.05, 0) is 40.8 Å². The van der Waals surface area contributed by atoms with Crippen LogP contribution < -0.4 is 4.90 Å². The standard InChI is InChI=1S/C16H20BrN3O3/c1-19(2)13-12(6-11(17)7-18-13)14(21)20-8-10-4-3-5-16(10,9-20)15(22)23/h6-7,10H,3-5,8-9H2,1-2H3,(H,22,23)/t10-,16+/m0/s1. The van der Waals surface area contributed by atoms with Gasteiger partial charge in [0, 0.05) is 37.9 Å². The lowest BCUT2D eigenvalue weighted by Gasteiger charge is -2.24. The molecule has 1 aliphatic heterocycles. The SMILES string of the molecule is CN(C)c1ncc(Br)cc1C(=O)N1C[C@@H]2CCC[C@@]2(C(=O)O)C1. The first kappa shape index (κ1) is 16.2. The van der Waals surface area contributed by atoms with Crippen molar-refractivity contribution in [2.24, 2.45) is 11.3 Å². The van der Waals surface area contributed by atoms with Gasteiger partial charge in [-0.15, -0.1) is 0 Å². The summed E-state index contributed by atoms with van der Waals surface area (Å²) in [5, 5.41) is 9.67. The number of amides is 1. The summed E-state index contributed by atoms with van der Waals surface area (Å²) >= 11 is 3.36. The first-order valence-electron chi connectivity index (χ1n) is 7.71. The summed E-state index contributed by atoms with van der Waals surface area (Å²) < 4.78 is 0.735. The summed E-state index contributed by atoms with van der Waals surface area (Å²) in [7, 11) is 3.68. The Balaban J connectivity index is 1.91. The van der Waals surface area contributed by atoms with E-state index in [1.807, 2.05) is 14.1 Å². The van der Waals surface area contributed by atoms with Crippen molar-refractivity contribution < 1.29 is 14.7 Å². The topological polar surface area (TPSA) is 73.7 Å². The number of carboxylic acids is 1. The predicted octanol–water partition coefficient (Wildman–Crippen LogP) is 2.24. The van der Waals surface area contributed by atoms with Gasteiger partial charge in [-0.3, -0.25) is 9.59 Å². The van der Waals surface area contributed by atoms with Crippen molar-refractivity contribution in [2.45, 2.75) is 19.3 Å². The number of fused-ring (bicyclic) bond motifs is 1. The van der Waals surface area contributed by atoms with E-state index in [9.17, 15) is 14.7 Å². The maximum absolute atomic E-state index is 13.0. The van der Waals surface area contributed by atoms with Crippen molar-refractivity contribution in [3.05, 3.63) is 22.3 Å². The average molecular weight is 382 g/mol. The van der Waals surface area contributed by atoms with Crippen molar-refractivity contribution in [2.75, 3.05) is 32.1 Å². The van der Waals surface area contributed by atoms with Crippen LogP contribution in [0.4, 0.5) is 5.82 Å². The molecule has 7 heteroatoms. The molecule has 23 heavy (non-hydrogen) atoms. The molecule has 2 heterocycles. The molecule has 3 rings (SSSR count). The molecule has 6 nitrogen and oxygen atoms in total. The van der Waals surface area contributed by atoms with Gasteiger partial charge in [0.2, 0.25) is 0 Å². The number of hydrogen-bond acceptors (Lipinski definition) is 4. The van der Waals surface area contributed by atoms with E-state index in [1.54, 1.807) is 22.1 Å². The summed E-state index contributed by atoms with van der Waals surface area (Å²) in [6.07, 6.45) is 4.13. The minimum Gasteiger partial charge on any atom is -0.481 e. The molecule has 1 N–H and O–H groups in total. The largest absolute Gasteiger partial charge is 0.481 e. The molecule has 2 aliphatic rings. The van der Waals surface area contributed by atoms with E-state index in [4.69, 9.17) is 0 Å². The highest BCUT2D eigenvalue weighted by Gasteiger charge is 2.56. The molecule has 0 bridgehead atoms. The second-order valence-electron chi connectivity index (χ2n) is 6.66. The van der Waals surface area contributed by atoms with Gasteiger partial charge < -0.3 is 14.9 Å². The van der Waals surface area contributed by atoms with Gasteiger partial charge in [0.15, 0.2) is 0 Å². The molecule has 1 aromatic rings. The number of rotatable bonds is 3. The molecule has 124 valence electrons. The van der Waals surface area contributed by atoms with Gasteiger partial charge in [-0.2, -0.15) is 0 Å². The van der Waals surface area contributed by atoms with E-state index in [0.717, 1.165) is 17.3 Å². The van der Waals surface area contributed by atoms with Gasteiger partial charge in [0.25, 0.3) is 5.91 Å². The van der Waals surface area contributed by atoms with Crippen molar-refractivity contribution in [3.63, 3.8) is 0 Å². The molecular formula is C16H20BrN3O3. The summed E-state index contributed by atoms with van der Waals surface area (Å²) in [4.78, 5) is 32.5. The monoisotopic (exact) mass is 381 g/mol. The van der Waals surface area contributed by atoms with E-state index in [-0.39, 0.29) is 11.8 Å². The number of aromatic nitrogens is 1. The molecule has 2 fully saturated rings. The lowest BCUT2D eigenvalue weighted by atomic mass is 9.81. The maximum Gasteiger partial charge on any atom is 0.311 e. The van der Waals surface area contributed by atoms with Crippen molar-refractivity contribution in [1.82, 2.24) is 9.88 Å². The van der Waals surface area contributed by atoms with Crippen LogP contribution in [0.3, 0.4) is 0 Å². The zero-order chi connectivity index (χ0) is 16.8. The molecule has 0 spiro atoms. The quantitative estimate of drug-likeness (QED) is 0.868. The van der Waals surface area contributed by atoms with E-state index in [2.05, 4.69) is 20.9 Å².